The molecule has 2 N–H and O–H groups in total. The molecule has 0 bridgehead atoms. The fraction of sp³-hybridized carbons (Fsp3) is 0.714. The number of nitrogens with zero attached hydrogens (tertiary/aromatic N) is 2. The second kappa shape index (κ2) is 5.91. The summed E-state index contributed by atoms with van der Waals surface area (Å²) in [5.41, 5.74) is -0.809. The summed E-state index contributed by atoms with van der Waals surface area (Å²) < 4.78 is 37.7. The van der Waals surface area contributed by atoms with Crippen LogP contribution in [0.4, 0.5) is 13.2 Å². The van der Waals surface area contributed by atoms with Crippen LogP contribution in [-0.2, 0) is 11.0 Å². The summed E-state index contributed by atoms with van der Waals surface area (Å²) in [4.78, 5) is 20.3. The molecule has 1 aromatic rings. The lowest BCUT2D eigenvalue weighted by atomic mass is 9.95. The molecule has 0 saturated carbocycles. The van der Waals surface area contributed by atoms with E-state index in [4.69, 9.17) is 0 Å². The lowest BCUT2D eigenvalue weighted by Crippen LogP contribution is -2.46. The van der Waals surface area contributed by atoms with Gasteiger partial charge in [0.1, 0.15) is 11.5 Å². The van der Waals surface area contributed by atoms with Gasteiger partial charge in [-0.1, -0.05) is 0 Å². The molecule has 1 amide bonds. The van der Waals surface area contributed by atoms with Crippen molar-refractivity contribution in [1.29, 1.82) is 0 Å². The van der Waals surface area contributed by atoms with E-state index in [0.717, 1.165) is 25.6 Å². The van der Waals surface area contributed by atoms with Gasteiger partial charge in [0.05, 0.1) is 12.2 Å². The van der Waals surface area contributed by atoms with Gasteiger partial charge < -0.3 is 15.2 Å². The minimum atomic E-state index is -4.39. The summed E-state index contributed by atoms with van der Waals surface area (Å²) in [5.74, 6) is 0.446. The number of nitrogens with one attached hydrogen (secondary N) is 2. The number of aromatic nitrogens is 2. The second-order valence-corrected chi connectivity index (χ2v) is 5.93. The molecular weight excluding hydrogens is 297 g/mol. The quantitative estimate of drug-likeness (QED) is 0.876. The van der Waals surface area contributed by atoms with Crippen LogP contribution in [0, 0.1) is 0 Å². The highest BCUT2D eigenvalue weighted by Crippen LogP contribution is 2.31. The number of hydrogen-bond acceptors (Lipinski definition) is 3. The van der Waals surface area contributed by atoms with E-state index >= 15 is 0 Å². The Morgan fingerprint density at radius 1 is 1.27 bits per heavy atom. The Labute approximate surface area is 126 Å². The van der Waals surface area contributed by atoms with E-state index in [1.165, 1.54) is 0 Å². The molecule has 2 aliphatic heterocycles. The van der Waals surface area contributed by atoms with Crippen molar-refractivity contribution in [3.05, 3.63) is 17.7 Å². The topological polar surface area (TPSA) is 61.0 Å². The van der Waals surface area contributed by atoms with Crippen LogP contribution in [0.5, 0.6) is 0 Å². The van der Waals surface area contributed by atoms with Crippen molar-refractivity contribution in [1.82, 2.24) is 20.2 Å². The Morgan fingerprint density at radius 2 is 2.00 bits per heavy atom. The summed E-state index contributed by atoms with van der Waals surface area (Å²) in [7, 11) is 0. The highest BCUT2D eigenvalue weighted by Gasteiger charge is 2.35. The zero-order valence-corrected chi connectivity index (χ0v) is 12.1. The number of imidazole rings is 1. The van der Waals surface area contributed by atoms with E-state index in [1.54, 1.807) is 0 Å². The molecule has 0 spiro atoms. The molecule has 8 heteroatoms. The Hall–Kier alpha value is -1.57. The normalized spacial score (nSPS) is 24.0. The minimum absolute atomic E-state index is 0.0447. The maximum Gasteiger partial charge on any atom is 0.432 e. The maximum atomic E-state index is 12.6. The molecule has 0 aliphatic carbocycles. The molecule has 1 aromatic heterocycles. The first-order chi connectivity index (χ1) is 10.4. The van der Waals surface area contributed by atoms with Gasteiger partial charge >= 0.3 is 6.18 Å². The maximum absolute atomic E-state index is 12.6. The number of rotatable bonds is 2. The predicted octanol–water partition coefficient (Wildman–Crippen LogP) is 1.89. The van der Waals surface area contributed by atoms with Crippen LogP contribution in [-0.4, -0.2) is 46.5 Å². The molecular formula is C14H19F3N4O. The fourth-order valence-corrected chi connectivity index (χ4v) is 3.18. The number of carbonyl (C=O) groups excluding carboxylic acids is 1. The van der Waals surface area contributed by atoms with Gasteiger partial charge in [-0.3, -0.25) is 4.79 Å². The standard InChI is InChI=1S/C14H19F3N4O/c15-14(16,17)11-8-19-12(20-11)9-3-6-21(7-4-9)13(22)10-2-1-5-18-10/h8-10,18H,1-7H2,(H,19,20). The Morgan fingerprint density at radius 3 is 2.55 bits per heavy atom. The van der Waals surface area contributed by atoms with Crippen LogP contribution >= 0.6 is 0 Å². The molecule has 1 atom stereocenters. The molecule has 0 aromatic carbocycles. The number of amides is 1. The van der Waals surface area contributed by atoms with E-state index in [2.05, 4.69) is 15.3 Å². The molecule has 3 heterocycles. The minimum Gasteiger partial charge on any atom is -0.341 e. The fourth-order valence-electron chi connectivity index (χ4n) is 3.18. The van der Waals surface area contributed by atoms with Crippen molar-refractivity contribution < 1.29 is 18.0 Å². The van der Waals surface area contributed by atoms with Gasteiger partial charge in [0.25, 0.3) is 0 Å². The predicted molar refractivity (Wildman–Crippen MR) is 73.2 cm³/mol. The molecule has 5 nitrogen and oxygen atoms in total. The number of hydrogen-bond donors (Lipinski definition) is 2. The Kier molecular flexibility index (Phi) is 4.12. The first-order valence-corrected chi connectivity index (χ1v) is 7.59. The number of H-pyrrole nitrogens is 1. The van der Waals surface area contributed by atoms with Crippen LogP contribution in [0.25, 0.3) is 0 Å². The smallest absolute Gasteiger partial charge is 0.341 e. The molecule has 2 aliphatic rings. The SMILES string of the molecule is O=C(C1CCCN1)N1CCC(c2ncc(C(F)(F)F)[nH]2)CC1. The average molecular weight is 316 g/mol. The Bertz CT molecular complexity index is 528. The van der Waals surface area contributed by atoms with E-state index in [1.807, 2.05) is 4.90 Å². The summed E-state index contributed by atoms with van der Waals surface area (Å²) in [6.45, 7) is 2.02. The second-order valence-electron chi connectivity index (χ2n) is 5.93. The van der Waals surface area contributed by atoms with Crippen LogP contribution < -0.4 is 5.32 Å². The van der Waals surface area contributed by atoms with Gasteiger partial charge in [-0.2, -0.15) is 13.2 Å². The van der Waals surface area contributed by atoms with Crippen molar-refractivity contribution in [2.24, 2.45) is 0 Å². The zero-order chi connectivity index (χ0) is 15.7. The highest BCUT2D eigenvalue weighted by molar-refractivity contribution is 5.82. The van der Waals surface area contributed by atoms with Gasteiger partial charge in [0.15, 0.2) is 0 Å². The average Bonchev–Trinajstić information content (AvgIpc) is 3.17. The third kappa shape index (κ3) is 3.11. The van der Waals surface area contributed by atoms with E-state index in [-0.39, 0.29) is 17.9 Å². The summed E-state index contributed by atoms with van der Waals surface area (Å²) in [5, 5.41) is 3.18. The van der Waals surface area contributed by atoms with E-state index in [9.17, 15) is 18.0 Å². The van der Waals surface area contributed by atoms with Gasteiger partial charge in [0.2, 0.25) is 5.91 Å². The number of aromatic amines is 1. The number of halogens is 3. The van der Waals surface area contributed by atoms with Crippen LogP contribution in [0.1, 0.15) is 43.1 Å². The van der Waals surface area contributed by atoms with Crippen molar-refractivity contribution in [3.8, 4) is 0 Å². The van der Waals surface area contributed by atoms with Crippen LogP contribution in [0.3, 0.4) is 0 Å². The van der Waals surface area contributed by atoms with Crippen LogP contribution in [0.2, 0.25) is 0 Å². The molecule has 122 valence electrons. The summed E-state index contributed by atoms with van der Waals surface area (Å²) in [6, 6.07) is -0.0861. The first kappa shape index (κ1) is 15.3. The number of piperidine rings is 1. The first-order valence-electron chi connectivity index (χ1n) is 7.59. The van der Waals surface area contributed by atoms with Gasteiger partial charge in [-0.05, 0) is 32.2 Å². The lowest BCUT2D eigenvalue weighted by molar-refractivity contribution is -0.141. The van der Waals surface area contributed by atoms with Crippen molar-refractivity contribution in [2.45, 2.75) is 43.8 Å². The van der Waals surface area contributed by atoms with Crippen LogP contribution in [0.15, 0.2) is 6.20 Å². The zero-order valence-electron chi connectivity index (χ0n) is 12.1. The lowest BCUT2D eigenvalue weighted by Gasteiger charge is -2.32. The number of alkyl halides is 3. The third-order valence-corrected chi connectivity index (χ3v) is 4.45. The van der Waals surface area contributed by atoms with Gasteiger partial charge in [-0.25, -0.2) is 4.98 Å². The van der Waals surface area contributed by atoms with E-state index < -0.39 is 11.9 Å². The Balaban J connectivity index is 1.57. The van der Waals surface area contributed by atoms with Crippen molar-refractivity contribution >= 4 is 5.91 Å². The molecule has 1 unspecified atom stereocenters. The van der Waals surface area contributed by atoms with E-state index in [0.29, 0.717) is 31.8 Å². The molecule has 0 radical (unpaired) electrons. The number of carbonyl (C=O) groups is 1. The molecule has 2 fully saturated rings. The highest BCUT2D eigenvalue weighted by atomic mass is 19.4. The molecule has 22 heavy (non-hydrogen) atoms. The van der Waals surface area contributed by atoms with Gasteiger partial charge in [0, 0.05) is 19.0 Å². The molecule has 3 rings (SSSR count). The van der Waals surface area contributed by atoms with Gasteiger partial charge in [-0.15, -0.1) is 0 Å². The summed E-state index contributed by atoms with van der Waals surface area (Å²) >= 11 is 0. The largest absolute Gasteiger partial charge is 0.432 e. The van der Waals surface area contributed by atoms with Crippen molar-refractivity contribution in [2.75, 3.05) is 19.6 Å². The molecule has 2 saturated heterocycles. The number of likely N-dealkylation sites (tertiary alicyclic amines) is 1. The summed E-state index contributed by atoms with van der Waals surface area (Å²) in [6.07, 6.45) is -0.386. The monoisotopic (exact) mass is 316 g/mol. The van der Waals surface area contributed by atoms with Crippen molar-refractivity contribution in [3.63, 3.8) is 0 Å². The third-order valence-electron chi connectivity index (χ3n) is 4.45.